The number of ether oxygens (including phenoxy) is 1. The van der Waals surface area contributed by atoms with Gasteiger partial charge in [0.25, 0.3) is 0 Å². The molecule has 2 fully saturated rings. The minimum atomic E-state index is -0.225. The molecule has 9 heteroatoms. The number of carbonyl (C=O) groups excluding carboxylic acids is 1. The summed E-state index contributed by atoms with van der Waals surface area (Å²) in [6.07, 6.45) is 0.852. The number of likely N-dealkylation sites (N-methyl/N-ethyl adjacent to an activating group) is 1. The van der Waals surface area contributed by atoms with E-state index in [9.17, 15) is 4.79 Å². The topological polar surface area (TPSA) is 85.9 Å². The monoisotopic (exact) mass is 439 g/mol. The summed E-state index contributed by atoms with van der Waals surface area (Å²) in [4.78, 5) is 26.6. The number of aromatic nitrogens is 2. The Morgan fingerprint density at radius 2 is 1.72 bits per heavy atom. The summed E-state index contributed by atoms with van der Waals surface area (Å²) in [6.45, 7) is 10.9. The van der Waals surface area contributed by atoms with Gasteiger partial charge in [0.15, 0.2) is 5.82 Å². The third-order valence-corrected chi connectivity index (χ3v) is 6.03. The molecule has 2 N–H and O–H groups in total. The van der Waals surface area contributed by atoms with Gasteiger partial charge < -0.3 is 19.9 Å². The standard InChI is InChI=1S/C23H33N7O2/c1-4-20-17(2)22(29-13-15-32-16-14-29)26-21(25-20)18-5-7-19(8-6-18)24-23(31)27-30-11-9-28(3)10-12-30/h5-8H,4,9-16H2,1-3H3,(H2,24,27,31). The number of hydrogen-bond donors (Lipinski definition) is 2. The number of hydrazine groups is 1. The van der Waals surface area contributed by atoms with E-state index < -0.39 is 0 Å². The number of piperazine rings is 1. The fourth-order valence-electron chi connectivity index (χ4n) is 4.03. The molecule has 172 valence electrons. The first-order chi connectivity index (χ1) is 15.5. The van der Waals surface area contributed by atoms with Gasteiger partial charge in [0.1, 0.15) is 5.82 Å². The Kier molecular flexibility index (Phi) is 7.19. The van der Waals surface area contributed by atoms with Crippen molar-refractivity contribution in [2.75, 3.05) is 69.7 Å². The van der Waals surface area contributed by atoms with Crippen molar-refractivity contribution in [3.05, 3.63) is 35.5 Å². The molecule has 2 aromatic rings. The number of urea groups is 1. The molecule has 1 aromatic heterocycles. The second-order valence-corrected chi connectivity index (χ2v) is 8.33. The number of nitrogens with zero attached hydrogens (tertiary/aromatic N) is 5. The maximum Gasteiger partial charge on any atom is 0.333 e. The zero-order valence-corrected chi connectivity index (χ0v) is 19.2. The van der Waals surface area contributed by atoms with Gasteiger partial charge in [-0.25, -0.2) is 19.8 Å². The molecule has 9 nitrogen and oxygen atoms in total. The van der Waals surface area contributed by atoms with Crippen molar-refractivity contribution in [2.45, 2.75) is 20.3 Å². The lowest BCUT2D eigenvalue weighted by atomic mass is 10.1. The highest BCUT2D eigenvalue weighted by Gasteiger charge is 2.19. The number of nitrogens with one attached hydrogen (secondary N) is 2. The zero-order chi connectivity index (χ0) is 22.5. The predicted octanol–water partition coefficient (Wildman–Crippen LogP) is 2.13. The summed E-state index contributed by atoms with van der Waals surface area (Å²) < 4.78 is 5.50. The fraction of sp³-hybridized carbons (Fsp3) is 0.522. The molecule has 0 radical (unpaired) electrons. The van der Waals surface area contributed by atoms with Crippen molar-refractivity contribution in [3.63, 3.8) is 0 Å². The van der Waals surface area contributed by atoms with Crippen LogP contribution in [0.2, 0.25) is 0 Å². The quantitative estimate of drug-likeness (QED) is 0.738. The molecule has 1 aromatic carbocycles. The van der Waals surface area contributed by atoms with E-state index >= 15 is 0 Å². The van der Waals surface area contributed by atoms with Crippen LogP contribution in [0.15, 0.2) is 24.3 Å². The van der Waals surface area contributed by atoms with Crippen molar-refractivity contribution >= 4 is 17.5 Å². The first kappa shape index (κ1) is 22.4. The molecule has 0 spiro atoms. The van der Waals surface area contributed by atoms with E-state index in [0.29, 0.717) is 5.82 Å². The fourth-order valence-corrected chi connectivity index (χ4v) is 4.03. The summed E-state index contributed by atoms with van der Waals surface area (Å²) in [5, 5.41) is 4.85. The van der Waals surface area contributed by atoms with E-state index in [0.717, 1.165) is 87.2 Å². The van der Waals surface area contributed by atoms with Gasteiger partial charge in [0.05, 0.1) is 13.2 Å². The molecule has 0 atom stereocenters. The number of morpholine rings is 1. The van der Waals surface area contributed by atoms with Gasteiger partial charge in [-0.2, -0.15) is 0 Å². The molecule has 0 saturated carbocycles. The van der Waals surface area contributed by atoms with Gasteiger partial charge in [0.2, 0.25) is 0 Å². The molecular formula is C23H33N7O2. The number of aryl methyl sites for hydroxylation is 1. The summed E-state index contributed by atoms with van der Waals surface area (Å²) in [6, 6.07) is 7.47. The van der Waals surface area contributed by atoms with Crippen LogP contribution in [0.5, 0.6) is 0 Å². The van der Waals surface area contributed by atoms with E-state index in [1.807, 2.05) is 29.3 Å². The van der Waals surface area contributed by atoms with Crippen LogP contribution in [0.3, 0.4) is 0 Å². The Hall–Kier alpha value is -2.75. The van der Waals surface area contributed by atoms with Crippen LogP contribution in [-0.4, -0.2) is 85.4 Å². The molecule has 0 unspecified atom stereocenters. The highest BCUT2D eigenvalue weighted by atomic mass is 16.5. The van der Waals surface area contributed by atoms with E-state index in [1.54, 1.807) is 0 Å². The lowest BCUT2D eigenvalue weighted by Gasteiger charge is -2.32. The molecule has 0 aliphatic carbocycles. The second kappa shape index (κ2) is 10.2. The molecule has 0 bridgehead atoms. The Labute approximate surface area is 189 Å². The Morgan fingerprint density at radius 3 is 2.38 bits per heavy atom. The maximum absolute atomic E-state index is 12.3. The Morgan fingerprint density at radius 1 is 1.03 bits per heavy atom. The van der Waals surface area contributed by atoms with E-state index in [4.69, 9.17) is 14.7 Å². The van der Waals surface area contributed by atoms with Crippen molar-refractivity contribution < 1.29 is 9.53 Å². The van der Waals surface area contributed by atoms with Crippen LogP contribution >= 0.6 is 0 Å². The van der Waals surface area contributed by atoms with Crippen LogP contribution < -0.4 is 15.6 Å². The second-order valence-electron chi connectivity index (χ2n) is 8.33. The first-order valence-corrected chi connectivity index (χ1v) is 11.3. The summed E-state index contributed by atoms with van der Waals surface area (Å²) in [7, 11) is 2.09. The van der Waals surface area contributed by atoms with Crippen LogP contribution in [0.4, 0.5) is 16.3 Å². The summed E-state index contributed by atoms with van der Waals surface area (Å²) in [5.74, 6) is 1.70. The molecule has 2 amide bonds. The molecular weight excluding hydrogens is 406 g/mol. The molecule has 2 aliphatic rings. The van der Waals surface area contributed by atoms with Gasteiger partial charge in [-0.05, 0) is 44.7 Å². The third kappa shape index (κ3) is 5.35. The van der Waals surface area contributed by atoms with E-state index in [2.05, 4.69) is 41.4 Å². The number of benzene rings is 1. The lowest BCUT2D eigenvalue weighted by molar-refractivity contribution is 0.116. The first-order valence-electron chi connectivity index (χ1n) is 11.3. The van der Waals surface area contributed by atoms with Crippen LogP contribution in [0.25, 0.3) is 11.4 Å². The van der Waals surface area contributed by atoms with Crippen LogP contribution in [0.1, 0.15) is 18.2 Å². The summed E-state index contributed by atoms with van der Waals surface area (Å²) >= 11 is 0. The van der Waals surface area contributed by atoms with Crippen molar-refractivity contribution in [3.8, 4) is 11.4 Å². The molecule has 2 saturated heterocycles. The van der Waals surface area contributed by atoms with Gasteiger partial charge >= 0.3 is 6.03 Å². The van der Waals surface area contributed by atoms with Crippen LogP contribution in [0, 0.1) is 6.92 Å². The molecule has 3 heterocycles. The highest BCUT2D eigenvalue weighted by Crippen LogP contribution is 2.26. The average Bonchev–Trinajstić information content (AvgIpc) is 2.82. The van der Waals surface area contributed by atoms with Crippen molar-refractivity contribution in [2.24, 2.45) is 0 Å². The Balaban J connectivity index is 1.45. The van der Waals surface area contributed by atoms with Crippen LogP contribution in [-0.2, 0) is 11.2 Å². The predicted molar refractivity (Wildman–Crippen MR) is 126 cm³/mol. The number of carbonyl (C=O) groups is 1. The number of amides is 2. The molecule has 4 rings (SSSR count). The van der Waals surface area contributed by atoms with E-state index in [-0.39, 0.29) is 6.03 Å². The Bertz CT molecular complexity index is 921. The smallest absolute Gasteiger partial charge is 0.333 e. The van der Waals surface area contributed by atoms with Gasteiger partial charge in [0, 0.05) is 61.8 Å². The lowest BCUT2D eigenvalue weighted by Crippen LogP contribution is -2.53. The van der Waals surface area contributed by atoms with Gasteiger partial charge in [-0.15, -0.1) is 0 Å². The number of anilines is 2. The van der Waals surface area contributed by atoms with Crippen molar-refractivity contribution in [1.82, 2.24) is 25.3 Å². The summed E-state index contributed by atoms with van der Waals surface area (Å²) in [5.41, 5.74) is 6.77. The minimum Gasteiger partial charge on any atom is -0.378 e. The maximum atomic E-state index is 12.3. The molecule has 2 aliphatic heterocycles. The zero-order valence-electron chi connectivity index (χ0n) is 19.2. The van der Waals surface area contributed by atoms with Crippen molar-refractivity contribution in [1.29, 1.82) is 0 Å². The molecule has 32 heavy (non-hydrogen) atoms. The minimum absolute atomic E-state index is 0.225. The average molecular weight is 440 g/mol. The largest absolute Gasteiger partial charge is 0.378 e. The number of rotatable bonds is 5. The SMILES string of the molecule is CCc1nc(-c2ccc(NC(=O)NN3CCN(C)CC3)cc2)nc(N2CCOCC2)c1C. The normalized spacial score (nSPS) is 17.9. The van der Waals surface area contributed by atoms with E-state index in [1.165, 1.54) is 0 Å². The number of hydrogen-bond acceptors (Lipinski definition) is 7. The third-order valence-electron chi connectivity index (χ3n) is 6.03. The van der Waals surface area contributed by atoms with Gasteiger partial charge in [-0.1, -0.05) is 6.92 Å². The van der Waals surface area contributed by atoms with Gasteiger partial charge in [-0.3, -0.25) is 5.43 Å². The highest BCUT2D eigenvalue weighted by molar-refractivity contribution is 5.89.